The number of piperazine rings is 1. The molecule has 0 radical (unpaired) electrons. The van der Waals surface area contributed by atoms with E-state index in [1.165, 1.54) is 44.6 Å². The second-order valence-electron chi connectivity index (χ2n) is 9.12. The van der Waals surface area contributed by atoms with Gasteiger partial charge in [-0.05, 0) is 61.4 Å². The second kappa shape index (κ2) is 8.77. The standard InChI is InChI=1S/C25H32N4OS/c1-18-14-19(2)16-20(15-18)24-21(22-5-13-31-25(22)26-24)4-8-27-9-11-28(12-10-27)17-23(30)29-6-3-7-29/h5,13-16,26H,3-4,6-12,17H2,1-2H3. The topological polar surface area (TPSA) is 42.6 Å². The molecule has 0 saturated carbocycles. The van der Waals surface area contributed by atoms with E-state index in [0.717, 1.165) is 52.2 Å². The molecular formula is C25H32N4OS. The van der Waals surface area contributed by atoms with Gasteiger partial charge in [0.1, 0.15) is 4.83 Å². The maximum Gasteiger partial charge on any atom is 0.236 e. The van der Waals surface area contributed by atoms with Crippen molar-refractivity contribution in [3.63, 3.8) is 0 Å². The minimum atomic E-state index is 0.310. The predicted molar refractivity (Wildman–Crippen MR) is 129 cm³/mol. The normalized spacial score (nSPS) is 17.9. The molecule has 0 aliphatic carbocycles. The zero-order valence-corrected chi connectivity index (χ0v) is 19.4. The molecule has 5 rings (SSSR count). The number of fused-ring (bicyclic) bond motifs is 1. The average molecular weight is 437 g/mol. The van der Waals surface area contributed by atoms with E-state index < -0.39 is 0 Å². The Labute approximate surface area is 188 Å². The van der Waals surface area contributed by atoms with E-state index in [1.807, 2.05) is 4.90 Å². The molecule has 0 atom stereocenters. The van der Waals surface area contributed by atoms with E-state index in [1.54, 1.807) is 11.3 Å². The van der Waals surface area contributed by atoms with Crippen molar-refractivity contribution in [3.8, 4) is 11.3 Å². The Balaban J connectivity index is 1.24. The summed E-state index contributed by atoms with van der Waals surface area (Å²) in [4.78, 5) is 24.1. The van der Waals surface area contributed by atoms with Gasteiger partial charge in [0.15, 0.2) is 0 Å². The van der Waals surface area contributed by atoms with Crippen LogP contribution >= 0.6 is 11.3 Å². The molecule has 3 aromatic rings. The monoisotopic (exact) mass is 436 g/mol. The van der Waals surface area contributed by atoms with Gasteiger partial charge in [0.05, 0.1) is 12.2 Å². The minimum Gasteiger partial charge on any atom is -0.346 e. The number of H-pyrrole nitrogens is 1. The number of hydrogen-bond acceptors (Lipinski definition) is 4. The maximum absolute atomic E-state index is 12.2. The van der Waals surface area contributed by atoms with Crippen molar-refractivity contribution in [2.24, 2.45) is 0 Å². The minimum absolute atomic E-state index is 0.310. The van der Waals surface area contributed by atoms with Crippen LogP contribution in [0.15, 0.2) is 29.6 Å². The first-order valence-electron chi connectivity index (χ1n) is 11.5. The molecule has 0 bridgehead atoms. The summed E-state index contributed by atoms with van der Waals surface area (Å²) in [6.07, 6.45) is 2.21. The summed E-state index contributed by atoms with van der Waals surface area (Å²) in [5.41, 5.74) is 6.64. The van der Waals surface area contributed by atoms with Crippen molar-refractivity contribution in [3.05, 3.63) is 46.3 Å². The van der Waals surface area contributed by atoms with Gasteiger partial charge in [-0.25, -0.2) is 0 Å². The van der Waals surface area contributed by atoms with Crippen LogP contribution in [0.2, 0.25) is 0 Å². The van der Waals surface area contributed by atoms with Gasteiger partial charge in [0.25, 0.3) is 0 Å². The van der Waals surface area contributed by atoms with Crippen LogP contribution < -0.4 is 0 Å². The number of benzene rings is 1. The molecule has 1 N–H and O–H groups in total. The number of likely N-dealkylation sites (tertiary alicyclic amines) is 1. The lowest BCUT2D eigenvalue weighted by atomic mass is 10.00. The van der Waals surface area contributed by atoms with Crippen molar-refractivity contribution in [1.29, 1.82) is 0 Å². The van der Waals surface area contributed by atoms with E-state index in [9.17, 15) is 4.79 Å². The number of amides is 1. The largest absolute Gasteiger partial charge is 0.346 e. The second-order valence-corrected chi connectivity index (χ2v) is 10.0. The average Bonchev–Trinajstić information content (AvgIpc) is 3.27. The number of aromatic amines is 1. The molecule has 0 unspecified atom stereocenters. The van der Waals surface area contributed by atoms with E-state index in [2.05, 4.69) is 58.3 Å². The molecule has 31 heavy (non-hydrogen) atoms. The molecule has 0 spiro atoms. The third-order valence-electron chi connectivity index (χ3n) is 6.75. The van der Waals surface area contributed by atoms with Gasteiger partial charge in [-0.1, -0.05) is 17.2 Å². The molecular weight excluding hydrogens is 404 g/mol. The van der Waals surface area contributed by atoms with Crippen molar-refractivity contribution < 1.29 is 4.79 Å². The van der Waals surface area contributed by atoms with Crippen molar-refractivity contribution in [2.75, 3.05) is 52.4 Å². The van der Waals surface area contributed by atoms with Crippen molar-refractivity contribution in [1.82, 2.24) is 19.7 Å². The number of carbonyl (C=O) groups is 1. The summed E-state index contributed by atoms with van der Waals surface area (Å²) in [5, 5.41) is 3.56. The highest BCUT2D eigenvalue weighted by atomic mass is 32.1. The molecule has 164 valence electrons. The van der Waals surface area contributed by atoms with Crippen LogP contribution in [-0.4, -0.2) is 77.9 Å². The third kappa shape index (κ3) is 4.43. The zero-order chi connectivity index (χ0) is 21.4. The molecule has 2 saturated heterocycles. The number of rotatable bonds is 6. The number of hydrogen-bond donors (Lipinski definition) is 1. The van der Waals surface area contributed by atoms with Gasteiger partial charge in [0, 0.05) is 51.2 Å². The molecule has 2 aliphatic rings. The Bertz CT molecular complexity index is 1050. The van der Waals surface area contributed by atoms with Gasteiger partial charge in [-0.3, -0.25) is 9.69 Å². The van der Waals surface area contributed by atoms with Crippen LogP contribution in [0.5, 0.6) is 0 Å². The Kier molecular flexibility index (Phi) is 5.87. The molecule has 6 heteroatoms. The molecule has 2 aromatic heterocycles. The van der Waals surface area contributed by atoms with Crippen LogP contribution in [0, 0.1) is 13.8 Å². The molecule has 1 aromatic carbocycles. The smallest absolute Gasteiger partial charge is 0.236 e. The number of aromatic nitrogens is 1. The van der Waals surface area contributed by atoms with Gasteiger partial charge < -0.3 is 14.8 Å². The number of carbonyl (C=O) groups excluding carboxylic acids is 1. The Morgan fingerprint density at radius 2 is 1.71 bits per heavy atom. The SMILES string of the molecule is Cc1cc(C)cc(-c2[nH]c3sccc3c2CCN2CCN(CC(=O)N3CCC3)CC2)c1. The summed E-state index contributed by atoms with van der Waals surface area (Å²) < 4.78 is 0. The first-order chi connectivity index (χ1) is 15.1. The van der Waals surface area contributed by atoms with Crippen LogP contribution in [0.1, 0.15) is 23.1 Å². The van der Waals surface area contributed by atoms with Crippen LogP contribution in [0.3, 0.4) is 0 Å². The van der Waals surface area contributed by atoms with Gasteiger partial charge in [0.2, 0.25) is 5.91 Å². The predicted octanol–water partition coefficient (Wildman–Crippen LogP) is 3.91. The number of aryl methyl sites for hydroxylation is 2. The lowest BCUT2D eigenvalue weighted by Crippen LogP contribution is -2.52. The van der Waals surface area contributed by atoms with Gasteiger partial charge in [-0.2, -0.15) is 0 Å². The lowest BCUT2D eigenvalue weighted by molar-refractivity contribution is -0.136. The van der Waals surface area contributed by atoms with Crippen LogP contribution in [0.4, 0.5) is 0 Å². The summed E-state index contributed by atoms with van der Waals surface area (Å²) >= 11 is 1.79. The molecule has 1 amide bonds. The third-order valence-corrected chi connectivity index (χ3v) is 7.58. The van der Waals surface area contributed by atoms with E-state index >= 15 is 0 Å². The molecule has 2 fully saturated rings. The van der Waals surface area contributed by atoms with Gasteiger partial charge in [-0.15, -0.1) is 11.3 Å². The molecule has 4 heterocycles. The maximum atomic E-state index is 12.2. The highest BCUT2D eigenvalue weighted by Crippen LogP contribution is 2.34. The summed E-state index contributed by atoms with van der Waals surface area (Å²) in [6.45, 7) is 12.0. The van der Waals surface area contributed by atoms with Crippen molar-refractivity contribution in [2.45, 2.75) is 26.7 Å². The van der Waals surface area contributed by atoms with E-state index in [-0.39, 0.29) is 0 Å². The fourth-order valence-corrected chi connectivity index (χ4v) is 5.71. The van der Waals surface area contributed by atoms with Gasteiger partial charge >= 0.3 is 0 Å². The fraction of sp³-hybridized carbons (Fsp3) is 0.480. The highest BCUT2D eigenvalue weighted by Gasteiger charge is 2.25. The van der Waals surface area contributed by atoms with E-state index in [0.29, 0.717) is 12.5 Å². The summed E-state index contributed by atoms with van der Waals surface area (Å²) in [7, 11) is 0. The first-order valence-corrected chi connectivity index (χ1v) is 12.3. The Hall–Kier alpha value is -2.15. The quantitative estimate of drug-likeness (QED) is 0.637. The summed E-state index contributed by atoms with van der Waals surface area (Å²) in [6, 6.07) is 9.08. The zero-order valence-electron chi connectivity index (χ0n) is 18.6. The number of nitrogens with zero attached hydrogens (tertiary/aromatic N) is 3. The Morgan fingerprint density at radius 1 is 1.00 bits per heavy atom. The van der Waals surface area contributed by atoms with Crippen LogP contribution in [-0.2, 0) is 11.2 Å². The van der Waals surface area contributed by atoms with Crippen molar-refractivity contribution >= 4 is 27.5 Å². The Morgan fingerprint density at radius 3 is 2.39 bits per heavy atom. The fourth-order valence-electron chi connectivity index (χ4n) is 4.89. The molecule has 2 aliphatic heterocycles. The van der Waals surface area contributed by atoms with E-state index in [4.69, 9.17) is 0 Å². The molecule has 5 nitrogen and oxygen atoms in total. The lowest BCUT2D eigenvalue weighted by Gasteiger charge is -2.37. The summed E-state index contributed by atoms with van der Waals surface area (Å²) in [5.74, 6) is 0.310. The number of thiophene rings is 1. The number of nitrogens with one attached hydrogen (secondary N) is 1. The highest BCUT2D eigenvalue weighted by molar-refractivity contribution is 7.16. The first kappa shape index (κ1) is 20.7. The van der Waals surface area contributed by atoms with Crippen LogP contribution in [0.25, 0.3) is 21.5 Å².